The van der Waals surface area contributed by atoms with Gasteiger partial charge in [0.2, 0.25) is 0 Å². The first-order valence-electron chi connectivity index (χ1n) is 3.43. The summed E-state index contributed by atoms with van der Waals surface area (Å²) in [6, 6.07) is 0. The summed E-state index contributed by atoms with van der Waals surface area (Å²) in [5.41, 5.74) is 0. The van der Waals surface area contributed by atoms with Crippen LogP contribution < -0.4 is 5.90 Å². The monoisotopic (exact) mass is 147 g/mol. The van der Waals surface area contributed by atoms with Crippen LogP contribution in [0.5, 0.6) is 0 Å². The molecule has 0 amide bonds. The smallest absolute Gasteiger partial charge is 0.155 e. The van der Waals surface area contributed by atoms with Crippen molar-refractivity contribution in [2.24, 2.45) is 5.90 Å². The Hall–Kier alpha value is -0.160. The van der Waals surface area contributed by atoms with Gasteiger partial charge in [-0.25, -0.2) is 5.90 Å². The van der Waals surface area contributed by atoms with Crippen LogP contribution in [0.3, 0.4) is 0 Å². The van der Waals surface area contributed by atoms with Gasteiger partial charge in [0.05, 0.1) is 6.10 Å². The lowest BCUT2D eigenvalue weighted by Crippen LogP contribution is -2.39. The first-order chi connectivity index (χ1) is 4.74. The quantitative estimate of drug-likeness (QED) is 0.502. The number of hydrogen-bond donors (Lipinski definition) is 2. The molecule has 60 valence electrons. The Bertz CT molecular complexity index is 109. The molecule has 0 aromatic rings. The summed E-state index contributed by atoms with van der Waals surface area (Å²) in [5, 5.41) is 8.97. The Morgan fingerprint density at radius 2 is 2.30 bits per heavy atom. The van der Waals surface area contributed by atoms with Crippen LogP contribution in [0, 0.1) is 0 Å². The Balaban J connectivity index is 2.36. The molecule has 1 aliphatic heterocycles. The summed E-state index contributed by atoms with van der Waals surface area (Å²) in [4.78, 5) is 4.62. The van der Waals surface area contributed by atoms with E-state index in [4.69, 9.17) is 15.7 Å². The molecule has 0 aliphatic carbocycles. The molecule has 4 nitrogen and oxygen atoms in total. The molecule has 0 saturated carbocycles. The second-order valence-corrected chi connectivity index (χ2v) is 2.55. The lowest BCUT2D eigenvalue weighted by molar-refractivity contribution is -0.204. The van der Waals surface area contributed by atoms with Crippen LogP contribution in [0.25, 0.3) is 0 Å². The number of aliphatic hydroxyl groups excluding tert-OH is 1. The second-order valence-electron chi connectivity index (χ2n) is 2.55. The maximum Gasteiger partial charge on any atom is 0.155 e. The van der Waals surface area contributed by atoms with Crippen molar-refractivity contribution in [1.29, 1.82) is 0 Å². The largest absolute Gasteiger partial charge is 0.368 e. The molecule has 1 saturated heterocycles. The molecular formula is C6H13NO3. The van der Waals surface area contributed by atoms with Crippen LogP contribution in [0.1, 0.15) is 19.8 Å². The summed E-state index contributed by atoms with van der Waals surface area (Å²) >= 11 is 0. The van der Waals surface area contributed by atoms with Crippen LogP contribution in [0.15, 0.2) is 0 Å². The van der Waals surface area contributed by atoms with E-state index in [9.17, 15) is 0 Å². The number of nitrogens with two attached hydrogens (primary N) is 1. The Morgan fingerprint density at radius 3 is 2.80 bits per heavy atom. The lowest BCUT2D eigenvalue weighted by atomic mass is 10.1. The minimum absolute atomic E-state index is 0.0663. The van der Waals surface area contributed by atoms with Crippen LogP contribution in [0.4, 0.5) is 0 Å². The van der Waals surface area contributed by atoms with E-state index in [0.717, 1.165) is 6.42 Å². The van der Waals surface area contributed by atoms with E-state index >= 15 is 0 Å². The van der Waals surface area contributed by atoms with Gasteiger partial charge in [0.15, 0.2) is 6.29 Å². The van der Waals surface area contributed by atoms with Crippen molar-refractivity contribution in [3.63, 3.8) is 0 Å². The summed E-state index contributed by atoms with van der Waals surface area (Å²) in [6.45, 7) is 1.83. The molecule has 0 spiro atoms. The SMILES string of the molecule is C[C@H]1O[C@H](O)CC[C@@H]1ON. The predicted octanol–water partition coefficient (Wildman–Crippen LogP) is -0.237. The minimum atomic E-state index is -0.638. The standard InChI is InChI=1S/C6H13NO3/c1-4-5(10-7)2-3-6(8)9-4/h4-6,8H,2-3,7H2,1H3/t4-,5+,6+/m1/s1. The average Bonchev–Trinajstić information content (AvgIpc) is 1.88. The topological polar surface area (TPSA) is 64.7 Å². The molecule has 0 bridgehead atoms. The highest BCUT2D eigenvalue weighted by molar-refractivity contribution is 4.71. The molecule has 1 aliphatic rings. The molecule has 4 heteroatoms. The average molecular weight is 147 g/mol. The molecule has 3 N–H and O–H groups in total. The molecule has 1 fully saturated rings. The van der Waals surface area contributed by atoms with Crippen LogP contribution in [-0.4, -0.2) is 23.6 Å². The minimum Gasteiger partial charge on any atom is -0.368 e. The molecule has 1 heterocycles. The Labute approximate surface area is 59.9 Å². The van der Waals surface area contributed by atoms with E-state index in [1.54, 1.807) is 0 Å². The van der Waals surface area contributed by atoms with Crippen molar-refractivity contribution >= 4 is 0 Å². The summed E-state index contributed by atoms with van der Waals surface area (Å²) < 4.78 is 5.04. The number of ether oxygens (including phenoxy) is 1. The Morgan fingerprint density at radius 1 is 1.60 bits per heavy atom. The summed E-state index contributed by atoms with van der Waals surface area (Å²) in [7, 11) is 0. The third-order valence-corrected chi connectivity index (χ3v) is 1.77. The highest BCUT2D eigenvalue weighted by Gasteiger charge is 2.26. The molecule has 1 rings (SSSR count). The van der Waals surface area contributed by atoms with Gasteiger partial charge < -0.3 is 9.84 Å². The maximum atomic E-state index is 8.97. The van der Waals surface area contributed by atoms with Gasteiger partial charge >= 0.3 is 0 Å². The molecule has 0 aromatic carbocycles. The van der Waals surface area contributed by atoms with Crippen LogP contribution in [-0.2, 0) is 9.57 Å². The number of aliphatic hydroxyl groups is 1. The van der Waals surface area contributed by atoms with Gasteiger partial charge in [-0.3, -0.25) is 4.84 Å². The molecule has 10 heavy (non-hydrogen) atoms. The lowest BCUT2D eigenvalue weighted by Gasteiger charge is -2.30. The van der Waals surface area contributed by atoms with Crippen molar-refractivity contribution in [2.45, 2.75) is 38.3 Å². The number of hydrogen-bond acceptors (Lipinski definition) is 4. The second kappa shape index (κ2) is 3.30. The fourth-order valence-corrected chi connectivity index (χ4v) is 1.12. The molecule has 0 unspecified atom stereocenters. The Kier molecular flexibility index (Phi) is 2.62. The van der Waals surface area contributed by atoms with E-state index < -0.39 is 6.29 Å². The van der Waals surface area contributed by atoms with E-state index in [1.807, 2.05) is 6.92 Å². The third-order valence-electron chi connectivity index (χ3n) is 1.77. The zero-order valence-corrected chi connectivity index (χ0v) is 5.99. The highest BCUT2D eigenvalue weighted by Crippen LogP contribution is 2.18. The van der Waals surface area contributed by atoms with Gasteiger partial charge in [0, 0.05) is 6.42 Å². The number of rotatable bonds is 1. The van der Waals surface area contributed by atoms with Crippen LogP contribution >= 0.6 is 0 Å². The maximum absolute atomic E-state index is 8.97. The van der Waals surface area contributed by atoms with Crippen LogP contribution in [0.2, 0.25) is 0 Å². The molecular weight excluding hydrogens is 134 g/mol. The van der Waals surface area contributed by atoms with Gasteiger partial charge in [-0.05, 0) is 13.3 Å². The van der Waals surface area contributed by atoms with Gasteiger partial charge in [-0.15, -0.1) is 0 Å². The van der Waals surface area contributed by atoms with Gasteiger partial charge in [-0.1, -0.05) is 0 Å². The normalized spacial score (nSPS) is 41.7. The molecule has 3 atom stereocenters. The predicted molar refractivity (Wildman–Crippen MR) is 34.8 cm³/mol. The van der Waals surface area contributed by atoms with Gasteiger partial charge in [0.25, 0.3) is 0 Å². The van der Waals surface area contributed by atoms with Gasteiger partial charge in [0.1, 0.15) is 6.10 Å². The fourth-order valence-electron chi connectivity index (χ4n) is 1.12. The van der Waals surface area contributed by atoms with E-state index in [-0.39, 0.29) is 12.2 Å². The van der Waals surface area contributed by atoms with Crippen molar-refractivity contribution in [3.05, 3.63) is 0 Å². The highest BCUT2D eigenvalue weighted by atomic mass is 16.7. The summed E-state index contributed by atoms with van der Waals surface area (Å²) in [6.07, 6.45) is 0.559. The zero-order chi connectivity index (χ0) is 7.56. The van der Waals surface area contributed by atoms with E-state index in [2.05, 4.69) is 4.84 Å². The summed E-state index contributed by atoms with van der Waals surface area (Å²) in [5.74, 6) is 4.98. The zero-order valence-electron chi connectivity index (χ0n) is 5.99. The first kappa shape index (κ1) is 7.94. The molecule has 0 aromatic heterocycles. The third kappa shape index (κ3) is 1.67. The van der Waals surface area contributed by atoms with E-state index in [1.165, 1.54) is 0 Å². The van der Waals surface area contributed by atoms with Crippen molar-refractivity contribution in [1.82, 2.24) is 0 Å². The fraction of sp³-hybridized carbons (Fsp3) is 1.00. The van der Waals surface area contributed by atoms with E-state index in [0.29, 0.717) is 6.42 Å². The first-order valence-corrected chi connectivity index (χ1v) is 3.43. The van der Waals surface area contributed by atoms with Crippen molar-refractivity contribution in [3.8, 4) is 0 Å². The molecule has 0 radical (unpaired) electrons. The van der Waals surface area contributed by atoms with Crippen molar-refractivity contribution < 1.29 is 14.7 Å². The van der Waals surface area contributed by atoms with Crippen molar-refractivity contribution in [2.75, 3.05) is 0 Å². The van der Waals surface area contributed by atoms with Gasteiger partial charge in [-0.2, -0.15) is 0 Å².